The fraction of sp³-hybridized carbons (Fsp3) is 0.568. The van der Waals surface area contributed by atoms with Gasteiger partial charge in [-0.3, -0.25) is 14.5 Å². The van der Waals surface area contributed by atoms with E-state index in [1.165, 1.54) is 30.4 Å². The number of nitrogens with one attached hydrogen (secondary N) is 1. The molecule has 2 saturated heterocycles. The zero-order valence-electron chi connectivity index (χ0n) is 27.8. The van der Waals surface area contributed by atoms with E-state index in [9.17, 15) is 13.2 Å². The van der Waals surface area contributed by atoms with Crippen LogP contribution in [0.3, 0.4) is 0 Å². The molecule has 4 unspecified atom stereocenters. The summed E-state index contributed by atoms with van der Waals surface area (Å²) >= 11 is 0. The van der Waals surface area contributed by atoms with Crippen molar-refractivity contribution < 1.29 is 22.7 Å². The van der Waals surface area contributed by atoms with Gasteiger partial charge in [0.2, 0.25) is 15.9 Å². The van der Waals surface area contributed by atoms with Gasteiger partial charge in [0.05, 0.1) is 30.1 Å². The molecule has 47 heavy (non-hydrogen) atoms. The van der Waals surface area contributed by atoms with E-state index < -0.39 is 21.3 Å². The molecule has 4 atom stereocenters. The second kappa shape index (κ2) is 11.4. The van der Waals surface area contributed by atoms with Crippen LogP contribution in [0.4, 0.5) is 0 Å². The van der Waals surface area contributed by atoms with Crippen molar-refractivity contribution in [2.45, 2.75) is 102 Å². The van der Waals surface area contributed by atoms with E-state index in [1.54, 1.807) is 20.1 Å². The largest absolute Gasteiger partial charge is 0.497 e. The number of rotatable bonds is 7. The maximum Gasteiger partial charge on any atom is 0.264 e. The van der Waals surface area contributed by atoms with Gasteiger partial charge < -0.3 is 14.2 Å². The lowest BCUT2D eigenvalue weighted by molar-refractivity contribution is -0.143. The summed E-state index contributed by atoms with van der Waals surface area (Å²) in [7, 11) is 0.112. The number of carbonyl (C=O) groups is 2. The molecule has 2 amide bonds. The summed E-state index contributed by atoms with van der Waals surface area (Å²) in [6.07, 6.45) is 10.3. The Labute approximate surface area is 277 Å². The molecule has 1 aromatic heterocycles. The van der Waals surface area contributed by atoms with Crippen LogP contribution in [0, 0.1) is 5.41 Å². The number of likely N-dealkylation sites (tertiary alicyclic amines) is 1. The van der Waals surface area contributed by atoms with Gasteiger partial charge >= 0.3 is 0 Å². The summed E-state index contributed by atoms with van der Waals surface area (Å²) in [5.41, 5.74) is 5.41. The van der Waals surface area contributed by atoms with Crippen molar-refractivity contribution in [3.05, 3.63) is 53.1 Å². The molecule has 3 aromatic rings. The van der Waals surface area contributed by atoms with Crippen molar-refractivity contribution in [1.82, 2.24) is 19.1 Å². The van der Waals surface area contributed by atoms with Crippen LogP contribution in [0.25, 0.3) is 22.2 Å². The zero-order valence-corrected chi connectivity index (χ0v) is 28.6. The standard InChI is InChI=1S/C37H46N4O5S/c1-4-17-47(44,45)38-35(42)24-13-15-28-31(18-24)40-22-37(36(43)41-25-11-8-12-32(41)39(2)21-25)20-30(37)29-19-26(46-3)14-16-27(29)34(40)33(28)23-9-6-5-7-10-23/h13-16,18-19,23,25,30,32H,4-12,17,20-22H2,1-3H3,(H,38,42). The van der Waals surface area contributed by atoms with Crippen molar-refractivity contribution in [2.24, 2.45) is 5.41 Å². The minimum atomic E-state index is -3.73. The van der Waals surface area contributed by atoms with Gasteiger partial charge in [-0.15, -0.1) is 0 Å². The normalized spacial score (nSPS) is 27.1. The average Bonchev–Trinajstić information content (AvgIpc) is 3.69. The van der Waals surface area contributed by atoms with Gasteiger partial charge in [-0.05, 0) is 99.4 Å². The Balaban J connectivity index is 1.32. The van der Waals surface area contributed by atoms with Gasteiger partial charge in [-0.1, -0.05) is 32.3 Å². The van der Waals surface area contributed by atoms with Crippen LogP contribution < -0.4 is 9.46 Å². The number of amides is 2. The van der Waals surface area contributed by atoms with Crippen molar-refractivity contribution in [1.29, 1.82) is 0 Å². The molecule has 4 fully saturated rings. The Morgan fingerprint density at radius 1 is 1.02 bits per heavy atom. The monoisotopic (exact) mass is 658 g/mol. The number of piperidine rings is 1. The minimum Gasteiger partial charge on any atom is -0.497 e. The predicted molar refractivity (Wildman–Crippen MR) is 182 cm³/mol. The number of fused-ring (bicyclic) bond motifs is 9. The van der Waals surface area contributed by atoms with Gasteiger partial charge in [-0.25, -0.2) is 13.1 Å². The number of ether oxygens (including phenoxy) is 1. The molecule has 250 valence electrons. The minimum absolute atomic E-state index is 0.0755. The van der Waals surface area contributed by atoms with Crippen molar-refractivity contribution in [3.8, 4) is 17.0 Å². The summed E-state index contributed by atoms with van der Waals surface area (Å²) in [5.74, 6) is 0.778. The Morgan fingerprint density at radius 3 is 2.57 bits per heavy atom. The van der Waals surface area contributed by atoms with Crippen LogP contribution in [0.2, 0.25) is 0 Å². The molecule has 4 heterocycles. The van der Waals surface area contributed by atoms with Crippen molar-refractivity contribution >= 4 is 32.7 Å². The summed E-state index contributed by atoms with van der Waals surface area (Å²) in [4.78, 5) is 33.0. The molecule has 2 saturated carbocycles. The molecule has 3 aliphatic heterocycles. The van der Waals surface area contributed by atoms with Crippen molar-refractivity contribution in [2.75, 3.05) is 26.5 Å². The maximum absolute atomic E-state index is 15.0. The van der Waals surface area contributed by atoms with E-state index in [0.29, 0.717) is 24.4 Å². The third-order valence-electron chi connectivity index (χ3n) is 11.9. The lowest BCUT2D eigenvalue weighted by Gasteiger charge is -2.38. The van der Waals surface area contributed by atoms with E-state index in [2.05, 4.69) is 38.3 Å². The maximum atomic E-state index is 15.0. The topological polar surface area (TPSA) is 101 Å². The number of benzene rings is 2. The smallest absolute Gasteiger partial charge is 0.264 e. The Bertz CT molecular complexity index is 1880. The third-order valence-corrected chi connectivity index (χ3v) is 13.3. The zero-order chi connectivity index (χ0) is 32.7. The first-order chi connectivity index (χ1) is 22.7. The highest BCUT2D eigenvalue weighted by Gasteiger charge is 2.65. The number of methoxy groups -OCH3 is 1. The molecule has 9 nitrogen and oxygen atoms in total. The molecule has 2 aromatic carbocycles. The molecule has 2 bridgehead atoms. The quantitative estimate of drug-likeness (QED) is 0.336. The molecule has 0 radical (unpaired) electrons. The third kappa shape index (κ3) is 4.92. The fourth-order valence-corrected chi connectivity index (χ4v) is 10.7. The summed E-state index contributed by atoms with van der Waals surface area (Å²) in [5, 5.41) is 1.10. The second-order valence-electron chi connectivity index (χ2n) is 14.7. The van der Waals surface area contributed by atoms with Gasteiger partial charge in [0.25, 0.3) is 5.91 Å². The van der Waals surface area contributed by atoms with Crippen LogP contribution in [0.15, 0.2) is 36.4 Å². The molecule has 1 N–H and O–H groups in total. The van der Waals surface area contributed by atoms with Crippen LogP contribution in [-0.2, 0) is 21.4 Å². The lowest BCUT2D eigenvalue weighted by Crippen LogP contribution is -2.50. The molecule has 2 aliphatic carbocycles. The number of nitrogens with zero attached hydrogens (tertiary/aromatic N) is 3. The Kier molecular flexibility index (Phi) is 7.48. The molecule has 10 heteroatoms. The average molecular weight is 659 g/mol. The molecular formula is C37H46N4O5S. The first-order valence-corrected chi connectivity index (χ1v) is 19.2. The SMILES string of the molecule is CCCS(=O)(=O)NC(=O)c1ccc2c(C3CCCCC3)c3n(c2c1)CC1(C(=O)N2C4CCCC2N(C)C4)CC1c1cc(OC)ccc1-3. The number of aromatic nitrogens is 1. The van der Waals surface area contributed by atoms with E-state index in [4.69, 9.17) is 4.74 Å². The number of carbonyl (C=O) groups excluding carboxylic acids is 2. The van der Waals surface area contributed by atoms with Gasteiger partial charge in [0, 0.05) is 47.1 Å². The number of hydrogen-bond acceptors (Lipinski definition) is 6. The van der Waals surface area contributed by atoms with E-state index in [-0.39, 0.29) is 29.8 Å². The molecular weight excluding hydrogens is 612 g/mol. The molecule has 5 aliphatic rings. The highest BCUT2D eigenvalue weighted by atomic mass is 32.2. The molecule has 0 spiro atoms. The number of sulfonamides is 1. The summed E-state index contributed by atoms with van der Waals surface area (Å²) in [6.45, 7) is 3.23. The summed E-state index contributed by atoms with van der Waals surface area (Å²) < 4.78 is 35.5. The first-order valence-electron chi connectivity index (χ1n) is 17.6. The lowest BCUT2D eigenvalue weighted by atomic mass is 9.81. The van der Waals surface area contributed by atoms with Gasteiger partial charge in [0.1, 0.15) is 5.75 Å². The second-order valence-corrected chi connectivity index (χ2v) is 16.6. The van der Waals surface area contributed by atoms with Crippen LogP contribution in [0.1, 0.15) is 104 Å². The van der Waals surface area contributed by atoms with Crippen molar-refractivity contribution in [3.63, 3.8) is 0 Å². The van der Waals surface area contributed by atoms with E-state index >= 15 is 4.79 Å². The number of likely N-dealkylation sites (N-methyl/N-ethyl adjacent to an activating group) is 1. The highest BCUT2D eigenvalue weighted by Crippen LogP contribution is 2.66. The predicted octanol–water partition coefficient (Wildman–Crippen LogP) is 5.97. The van der Waals surface area contributed by atoms with E-state index in [1.807, 2.05) is 18.2 Å². The first kappa shape index (κ1) is 30.9. The van der Waals surface area contributed by atoms with Crippen LogP contribution in [-0.4, -0.2) is 73.3 Å². The fourth-order valence-electron chi connectivity index (χ4n) is 9.62. The highest BCUT2D eigenvalue weighted by molar-refractivity contribution is 7.90. The van der Waals surface area contributed by atoms with Crippen LogP contribution in [0.5, 0.6) is 5.75 Å². The summed E-state index contributed by atoms with van der Waals surface area (Å²) in [6, 6.07) is 12.3. The Hall–Kier alpha value is -3.37. The van der Waals surface area contributed by atoms with Gasteiger partial charge in [-0.2, -0.15) is 0 Å². The Morgan fingerprint density at radius 2 is 1.83 bits per heavy atom. The van der Waals surface area contributed by atoms with Gasteiger partial charge in [0.15, 0.2) is 0 Å². The van der Waals surface area contributed by atoms with E-state index in [0.717, 1.165) is 73.0 Å². The number of hydrogen-bond donors (Lipinski definition) is 1. The molecule has 8 rings (SSSR count). The van der Waals surface area contributed by atoms with Crippen LogP contribution >= 0.6 is 0 Å².